The van der Waals surface area contributed by atoms with E-state index in [0.29, 0.717) is 6.42 Å². The second-order valence-electron chi connectivity index (χ2n) is 4.83. The van der Waals surface area contributed by atoms with Crippen LogP contribution < -0.4 is 0 Å². The maximum Gasteiger partial charge on any atom is 0.341 e. The van der Waals surface area contributed by atoms with Gasteiger partial charge in [-0.15, -0.1) is 0 Å². The molecule has 0 saturated carbocycles. The van der Waals surface area contributed by atoms with Crippen LogP contribution >= 0.6 is 0 Å². The van der Waals surface area contributed by atoms with Crippen LogP contribution in [0.5, 0.6) is 0 Å². The Morgan fingerprint density at radius 2 is 2.06 bits per heavy atom. The Balaban J connectivity index is 2.56. The number of halogens is 1. The molecule has 0 heterocycles. The molecule has 0 fully saturated rings. The minimum Gasteiger partial charge on any atom is -0.462 e. The van der Waals surface area contributed by atoms with Crippen molar-refractivity contribution in [1.82, 2.24) is 0 Å². The standard InChI is InChI=1S/C14H19FO3/c1-10-5-6-11(12(15)9-10)13(16)18-8-7-14(2,3)17-4/h5-6,9H,7-8H2,1-4H3. The van der Waals surface area contributed by atoms with Crippen LogP contribution in [-0.2, 0) is 9.47 Å². The zero-order chi connectivity index (χ0) is 13.8. The lowest BCUT2D eigenvalue weighted by Gasteiger charge is -2.22. The Hall–Kier alpha value is -1.42. The van der Waals surface area contributed by atoms with E-state index >= 15 is 0 Å². The lowest BCUT2D eigenvalue weighted by molar-refractivity contribution is -0.00574. The van der Waals surface area contributed by atoms with Gasteiger partial charge in [-0.05, 0) is 38.5 Å². The number of carbonyl (C=O) groups is 1. The van der Waals surface area contributed by atoms with E-state index in [-0.39, 0.29) is 17.8 Å². The van der Waals surface area contributed by atoms with Gasteiger partial charge in [-0.2, -0.15) is 0 Å². The smallest absolute Gasteiger partial charge is 0.341 e. The number of carbonyl (C=O) groups excluding carboxylic acids is 1. The predicted octanol–water partition coefficient (Wildman–Crippen LogP) is 3.11. The molecular weight excluding hydrogens is 235 g/mol. The predicted molar refractivity (Wildman–Crippen MR) is 67.1 cm³/mol. The van der Waals surface area contributed by atoms with Crippen molar-refractivity contribution in [1.29, 1.82) is 0 Å². The molecule has 0 bridgehead atoms. The first kappa shape index (κ1) is 14.6. The monoisotopic (exact) mass is 254 g/mol. The normalized spacial score (nSPS) is 11.4. The summed E-state index contributed by atoms with van der Waals surface area (Å²) in [7, 11) is 1.60. The molecule has 0 aliphatic rings. The van der Waals surface area contributed by atoms with Crippen molar-refractivity contribution in [3.05, 3.63) is 35.1 Å². The molecule has 0 atom stereocenters. The van der Waals surface area contributed by atoms with Gasteiger partial charge >= 0.3 is 5.97 Å². The topological polar surface area (TPSA) is 35.5 Å². The molecule has 0 unspecified atom stereocenters. The summed E-state index contributed by atoms with van der Waals surface area (Å²) in [4.78, 5) is 11.6. The summed E-state index contributed by atoms with van der Waals surface area (Å²) in [5, 5.41) is 0. The average Bonchev–Trinajstić information content (AvgIpc) is 2.28. The van der Waals surface area contributed by atoms with Crippen LogP contribution in [0.4, 0.5) is 4.39 Å². The van der Waals surface area contributed by atoms with Crippen molar-refractivity contribution < 1.29 is 18.7 Å². The van der Waals surface area contributed by atoms with E-state index in [2.05, 4.69) is 0 Å². The third-order valence-corrected chi connectivity index (χ3v) is 2.83. The van der Waals surface area contributed by atoms with E-state index in [1.54, 1.807) is 20.1 Å². The molecule has 3 nitrogen and oxygen atoms in total. The van der Waals surface area contributed by atoms with Gasteiger partial charge in [0.1, 0.15) is 5.82 Å². The first-order chi connectivity index (χ1) is 8.35. The molecule has 0 saturated heterocycles. The molecule has 0 radical (unpaired) electrons. The second-order valence-corrected chi connectivity index (χ2v) is 4.83. The van der Waals surface area contributed by atoms with Crippen molar-refractivity contribution in [2.24, 2.45) is 0 Å². The van der Waals surface area contributed by atoms with Crippen LogP contribution in [0.3, 0.4) is 0 Å². The number of rotatable bonds is 5. The average molecular weight is 254 g/mol. The SMILES string of the molecule is COC(C)(C)CCOC(=O)c1ccc(C)cc1F. The van der Waals surface area contributed by atoms with E-state index < -0.39 is 11.8 Å². The summed E-state index contributed by atoms with van der Waals surface area (Å²) in [5.41, 5.74) is 0.381. The minimum absolute atomic E-state index is 0.0316. The Bertz CT molecular complexity index is 427. The maximum atomic E-state index is 13.5. The van der Waals surface area contributed by atoms with Crippen molar-refractivity contribution >= 4 is 5.97 Å². The molecule has 0 aliphatic heterocycles. The third kappa shape index (κ3) is 4.11. The highest BCUT2D eigenvalue weighted by Gasteiger charge is 2.18. The van der Waals surface area contributed by atoms with Gasteiger partial charge in [0, 0.05) is 13.5 Å². The number of methoxy groups -OCH3 is 1. The zero-order valence-corrected chi connectivity index (χ0v) is 11.2. The van der Waals surface area contributed by atoms with Crippen molar-refractivity contribution in [2.45, 2.75) is 32.8 Å². The van der Waals surface area contributed by atoms with Crippen LogP contribution in [0.15, 0.2) is 18.2 Å². The fourth-order valence-electron chi connectivity index (χ4n) is 1.36. The van der Waals surface area contributed by atoms with Crippen molar-refractivity contribution in [3.63, 3.8) is 0 Å². The molecule has 4 heteroatoms. The highest BCUT2D eigenvalue weighted by Crippen LogP contribution is 2.15. The van der Waals surface area contributed by atoms with Crippen LogP contribution in [0.1, 0.15) is 36.2 Å². The Morgan fingerprint density at radius 1 is 1.39 bits per heavy atom. The van der Waals surface area contributed by atoms with E-state index in [1.165, 1.54) is 12.1 Å². The third-order valence-electron chi connectivity index (χ3n) is 2.83. The molecule has 0 N–H and O–H groups in total. The summed E-state index contributed by atoms with van der Waals surface area (Å²) in [5.74, 6) is -1.19. The van der Waals surface area contributed by atoms with Crippen LogP contribution in [-0.4, -0.2) is 25.3 Å². The molecule has 0 aromatic heterocycles. The molecule has 100 valence electrons. The summed E-state index contributed by atoms with van der Waals surface area (Å²) in [6.45, 7) is 5.76. The van der Waals surface area contributed by atoms with E-state index in [0.717, 1.165) is 5.56 Å². The molecule has 1 rings (SSSR count). The fourth-order valence-corrected chi connectivity index (χ4v) is 1.36. The number of hydrogen-bond acceptors (Lipinski definition) is 3. The Morgan fingerprint density at radius 3 is 2.61 bits per heavy atom. The van der Waals surface area contributed by atoms with Gasteiger partial charge in [-0.25, -0.2) is 9.18 Å². The largest absolute Gasteiger partial charge is 0.462 e. The number of benzene rings is 1. The van der Waals surface area contributed by atoms with Crippen molar-refractivity contribution in [3.8, 4) is 0 Å². The molecule has 0 spiro atoms. The first-order valence-electron chi connectivity index (χ1n) is 5.84. The minimum atomic E-state index is -0.639. The van der Waals surface area contributed by atoms with Gasteiger partial charge < -0.3 is 9.47 Å². The van der Waals surface area contributed by atoms with E-state index in [1.807, 2.05) is 13.8 Å². The van der Waals surface area contributed by atoms with Gasteiger partial charge in [0.25, 0.3) is 0 Å². The van der Waals surface area contributed by atoms with Gasteiger partial charge in [0.2, 0.25) is 0 Å². The highest BCUT2D eigenvalue weighted by atomic mass is 19.1. The van der Waals surface area contributed by atoms with Gasteiger partial charge in [0.05, 0.1) is 17.8 Å². The summed E-state index contributed by atoms with van der Waals surface area (Å²) in [6, 6.07) is 4.43. The van der Waals surface area contributed by atoms with E-state index in [9.17, 15) is 9.18 Å². The first-order valence-corrected chi connectivity index (χ1v) is 5.84. The molecule has 1 aromatic rings. The number of aryl methyl sites for hydroxylation is 1. The molecular formula is C14H19FO3. The molecule has 18 heavy (non-hydrogen) atoms. The lowest BCUT2D eigenvalue weighted by atomic mass is 10.1. The van der Waals surface area contributed by atoms with Crippen LogP contribution in [0.25, 0.3) is 0 Å². The Kier molecular flexibility index (Phi) is 4.84. The summed E-state index contributed by atoms with van der Waals surface area (Å²) >= 11 is 0. The zero-order valence-electron chi connectivity index (χ0n) is 11.2. The quantitative estimate of drug-likeness (QED) is 0.757. The molecule has 0 amide bonds. The Labute approximate surface area is 107 Å². The van der Waals surface area contributed by atoms with Gasteiger partial charge in [-0.3, -0.25) is 0 Å². The second kappa shape index (κ2) is 5.96. The van der Waals surface area contributed by atoms with Crippen LogP contribution in [0.2, 0.25) is 0 Å². The fraction of sp³-hybridized carbons (Fsp3) is 0.500. The lowest BCUT2D eigenvalue weighted by Crippen LogP contribution is -2.25. The highest BCUT2D eigenvalue weighted by molar-refractivity contribution is 5.89. The van der Waals surface area contributed by atoms with E-state index in [4.69, 9.17) is 9.47 Å². The summed E-state index contributed by atoms with van der Waals surface area (Å²) in [6.07, 6.45) is 0.558. The summed E-state index contributed by atoms with van der Waals surface area (Å²) < 4.78 is 23.7. The number of ether oxygens (including phenoxy) is 2. The van der Waals surface area contributed by atoms with Gasteiger partial charge in [-0.1, -0.05) is 6.07 Å². The molecule has 1 aromatic carbocycles. The van der Waals surface area contributed by atoms with Gasteiger partial charge in [0.15, 0.2) is 0 Å². The molecule has 0 aliphatic carbocycles. The number of hydrogen-bond donors (Lipinski definition) is 0. The van der Waals surface area contributed by atoms with Crippen LogP contribution in [0, 0.1) is 12.7 Å². The van der Waals surface area contributed by atoms with Crippen molar-refractivity contribution in [2.75, 3.05) is 13.7 Å². The number of esters is 1. The maximum absolute atomic E-state index is 13.5.